The van der Waals surface area contributed by atoms with Crippen LogP contribution in [0.4, 0.5) is 0 Å². The van der Waals surface area contributed by atoms with Gasteiger partial charge in [-0.05, 0) is 23.5 Å². The van der Waals surface area contributed by atoms with Gasteiger partial charge in [0.2, 0.25) is 10.2 Å². The average molecular weight is 236 g/mol. The van der Waals surface area contributed by atoms with E-state index in [0.717, 1.165) is 0 Å². The highest BCUT2D eigenvalue weighted by Gasteiger charge is 2.30. The first-order chi connectivity index (χ1) is 6.43. The van der Waals surface area contributed by atoms with Gasteiger partial charge in [-0.2, -0.15) is 0 Å². The Bertz CT molecular complexity index is 335. The van der Waals surface area contributed by atoms with Crippen molar-refractivity contribution in [2.75, 3.05) is 0 Å². The summed E-state index contributed by atoms with van der Waals surface area (Å²) in [6.07, 6.45) is 0. The number of aliphatic hydroxyl groups excluding tert-OH is 2. The molecule has 14 heavy (non-hydrogen) atoms. The maximum absolute atomic E-state index is 10.6. The second-order valence-corrected chi connectivity index (χ2v) is 4.08. The van der Waals surface area contributed by atoms with Gasteiger partial charge in [-0.25, -0.2) is 9.59 Å². The van der Waals surface area contributed by atoms with Gasteiger partial charge >= 0.3 is 11.9 Å². The van der Waals surface area contributed by atoms with Gasteiger partial charge in [-0.3, -0.25) is 0 Å². The highest BCUT2D eigenvalue weighted by atomic mass is 32.2. The molecule has 0 aromatic rings. The Hall–Kier alpha value is -1.28. The third kappa shape index (κ3) is 1.96. The minimum Gasteiger partial charge on any atom is -0.499 e. The lowest BCUT2D eigenvalue weighted by Crippen LogP contribution is -2.10. The van der Waals surface area contributed by atoms with Crippen LogP contribution in [0.1, 0.15) is 0 Å². The Morgan fingerprint density at radius 3 is 1.36 bits per heavy atom. The Morgan fingerprint density at radius 1 is 0.857 bits per heavy atom. The van der Waals surface area contributed by atoms with Crippen LogP contribution in [0, 0.1) is 0 Å². The van der Waals surface area contributed by atoms with Crippen molar-refractivity contribution in [3.05, 3.63) is 20.0 Å². The van der Waals surface area contributed by atoms with Gasteiger partial charge in [0.25, 0.3) is 0 Å². The molecule has 0 aromatic heterocycles. The Morgan fingerprint density at radius 2 is 1.14 bits per heavy atom. The van der Waals surface area contributed by atoms with Crippen LogP contribution in [0.3, 0.4) is 0 Å². The summed E-state index contributed by atoms with van der Waals surface area (Å²) in [4.78, 5) is 20.1. The van der Waals surface area contributed by atoms with Gasteiger partial charge in [-0.1, -0.05) is 0 Å². The van der Waals surface area contributed by atoms with E-state index in [2.05, 4.69) is 0 Å². The molecule has 8 heteroatoms. The zero-order chi connectivity index (χ0) is 10.9. The third-order valence-corrected chi connectivity index (χ3v) is 3.37. The normalized spacial score (nSPS) is 17.1. The molecule has 0 fully saturated rings. The van der Waals surface area contributed by atoms with E-state index in [4.69, 9.17) is 20.4 Å². The fourth-order valence-corrected chi connectivity index (χ4v) is 2.25. The van der Waals surface area contributed by atoms with Gasteiger partial charge in [0.15, 0.2) is 0 Å². The summed E-state index contributed by atoms with van der Waals surface area (Å²) >= 11 is 0.605. The van der Waals surface area contributed by atoms with Crippen molar-refractivity contribution in [1.29, 1.82) is 0 Å². The molecule has 0 bridgehead atoms. The average Bonchev–Trinajstić information content (AvgIpc) is 2.08. The molecule has 0 unspecified atom stereocenters. The van der Waals surface area contributed by atoms with E-state index in [1.165, 1.54) is 0 Å². The summed E-state index contributed by atoms with van der Waals surface area (Å²) in [5.41, 5.74) is 0. The standard InChI is InChI=1S/C6H4O6S2/c7-3(8)1-2(4(9)10)14-6(12)5(11)13-1/h11-12H,(H,7,8)(H,9,10). The fourth-order valence-electron chi connectivity index (χ4n) is 0.655. The van der Waals surface area contributed by atoms with E-state index in [-0.39, 0.29) is 0 Å². The molecule has 4 N–H and O–H groups in total. The Kier molecular flexibility index (Phi) is 2.96. The van der Waals surface area contributed by atoms with Crippen molar-refractivity contribution < 1.29 is 30.0 Å². The molecule has 1 heterocycles. The molecule has 1 aliphatic rings. The molecular formula is C6H4O6S2. The van der Waals surface area contributed by atoms with Gasteiger partial charge in [0, 0.05) is 0 Å². The van der Waals surface area contributed by atoms with Crippen LogP contribution in [-0.2, 0) is 9.59 Å². The quantitative estimate of drug-likeness (QED) is 0.563. The molecule has 0 amide bonds. The molecule has 76 valence electrons. The minimum absolute atomic E-state index is 0.303. The summed E-state index contributed by atoms with van der Waals surface area (Å²) in [6.45, 7) is 0. The van der Waals surface area contributed by atoms with Crippen LogP contribution in [0.2, 0.25) is 0 Å². The Labute approximate surface area is 85.9 Å². The first-order valence-corrected chi connectivity index (χ1v) is 4.75. The van der Waals surface area contributed by atoms with Crippen molar-refractivity contribution >= 4 is 35.5 Å². The van der Waals surface area contributed by atoms with Crippen LogP contribution in [0.25, 0.3) is 0 Å². The lowest BCUT2D eigenvalue weighted by atomic mass is 10.5. The SMILES string of the molecule is O=C(O)C1=C(C(=O)O)SC(O)=C(O)S1. The van der Waals surface area contributed by atoms with Crippen molar-refractivity contribution in [1.82, 2.24) is 0 Å². The number of carboxylic acids is 2. The number of hydrogen-bond acceptors (Lipinski definition) is 6. The van der Waals surface area contributed by atoms with E-state index < -0.39 is 31.9 Å². The van der Waals surface area contributed by atoms with Crippen LogP contribution < -0.4 is 0 Å². The second-order valence-electron chi connectivity index (χ2n) is 2.08. The number of rotatable bonds is 2. The molecule has 1 aliphatic heterocycles. The first-order valence-electron chi connectivity index (χ1n) is 3.12. The first kappa shape index (κ1) is 10.8. The van der Waals surface area contributed by atoms with Crippen molar-refractivity contribution in [3.8, 4) is 0 Å². The summed E-state index contributed by atoms with van der Waals surface area (Å²) < 4.78 is 0. The van der Waals surface area contributed by atoms with E-state index >= 15 is 0 Å². The summed E-state index contributed by atoms with van der Waals surface area (Å²) in [6, 6.07) is 0. The van der Waals surface area contributed by atoms with Gasteiger partial charge in [0.05, 0.1) is 0 Å². The summed E-state index contributed by atoms with van der Waals surface area (Å²) in [5, 5.41) is 33.9. The largest absolute Gasteiger partial charge is 0.499 e. The molecule has 6 nitrogen and oxygen atoms in total. The number of hydrogen-bond donors (Lipinski definition) is 4. The summed E-state index contributed by atoms with van der Waals surface area (Å²) in [7, 11) is 0. The highest BCUT2D eigenvalue weighted by molar-refractivity contribution is 8.14. The number of carboxylic acid groups (broad SMARTS) is 2. The Balaban J connectivity index is 3.12. The molecule has 0 radical (unpaired) electrons. The predicted octanol–water partition coefficient (Wildman–Crippen LogP) is 1.09. The molecule has 1 rings (SSSR count). The lowest BCUT2D eigenvalue weighted by Gasteiger charge is -2.12. The molecule has 0 saturated heterocycles. The van der Waals surface area contributed by atoms with Crippen LogP contribution in [-0.4, -0.2) is 32.4 Å². The summed E-state index contributed by atoms with van der Waals surface area (Å²) in [5.74, 6) is -2.92. The number of aliphatic hydroxyl groups is 2. The van der Waals surface area contributed by atoms with Crippen LogP contribution in [0.5, 0.6) is 0 Å². The fraction of sp³-hybridized carbons (Fsp3) is 0. The van der Waals surface area contributed by atoms with Crippen LogP contribution >= 0.6 is 23.5 Å². The maximum atomic E-state index is 10.6. The number of aliphatic carboxylic acids is 2. The van der Waals surface area contributed by atoms with Gasteiger partial charge in [0.1, 0.15) is 9.81 Å². The van der Waals surface area contributed by atoms with Gasteiger partial charge in [-0.15, -0.1) is 0 Å². The smallest absolute Gasteiger partial charge is 0.344 e. The van der Waals surface area contributed by atoms with Crippen molar-refractivity contribution in [2.45, 2.75) is 0 Å². The lowest BCUT2D eigenvalue weighted by molar-refractivity contribution is -0.134. The topological polar surface area (TPSA) is 115 Å². The number of thioether (sulfide) groups is 2. The zero-order valence-electron chi connectivity index (χ0n) is 6.42. The third-order valence-electron chi connectivity index (χ3n) is 1.18. The maximum Gasteiger partial charge on any atom is 0.344 e. The molecular weight excluding hydrogens is 232 g/mol. The van der Waals surface area contributed by atoms with Crippen molar-refractivity contribution in [3.63, 3.8) is 0 Å². The molecule has 0 spiro atoms. The monoisotopic (exact) mass is 236 g/mol. The predicted molar refractivity (Wildman–Crippen MR) is 49.8 cm³/mol. The van der Waals surface area contributed by atoms with Crippen molar-refractivity contribution in [2.24, 2.45) is 0 Å². The minimum atomic E-state index is -1.46. The van der Waals surface area contributed by atoms with E-state index in [1.54, 1.807) is 0 Å². The van der Waals surface area contributed by atoms with E-state index in [9.17, 15) is 9.59 Å². The highest BCUT2D eigenvalue weighted by Crippen LogP contribution is 2.42. The molecule has 0 atom stereocenters. The van der Waals surface area contributed by atoms with Gasteiger partial charge < -0.3 is 20.4 Å². The van der Waals surface area contributed by atoms with E-state index in [0.29, 0.717) is 23.5 Å². The van der Waals surface area contributed by atoms with Crippen LogP contribution in [0.15, 0.2) is 20.0 Å². The number of carbonyl (C=O) groups is 2. The molecule has 0 saturated carbocycles. The second kappa shape index (κ2) is 3.84. The zero-order valence-corrected chi connectivity index (χ0v) is 8.05. The van der Waals surface area contributed by atoms with E-state index in [1.807, 2.05) is 0 Å². The molecule has 0 aromatic carbocycles. The molecule has 0 aliphatic carbocycles.